The van der Waals surface area contributed by atoms with Crippen LogP contribution in [0.1, 0.15) is 11.1 Å². The number of hydrogen-bond donors (Lipinski definition) is 2. The van der Waals surface area contributed by atoms with Crippen molar-refractivity contribution in [3.8, 4) is 0 Å². The Labute approximate surface area is 82.3 Å². The van der Waals surface area contributed by atoms with Gasteiger partial charge in [0, 0.05) is 11.2 Å². The highest BCUT2D eigenvalue weighted by Gasteiger charge is 2.01. The summed E-state index contributed by atoms with van der Waals surface area (Å²) in [5.41, 5.74) is 2.66. The van der Waals surface area contributed by atoms with E-state index in [1.54, 1.807) is 0 Å². The van der Waals surface area contributed by atoms with Crippen molar-refractivity contribution in [1.82, 2.24) is 0 Å². The van der Waals surface area contributed by atoms with Crippen molar-refractivity contribution in [2.24, 2.45) is 0 Å². The molecule has 0 aliphatic heterocycles. The number of hydrogen-bond acceptors (Lipinski definition) is 1. The molecule has 0 heterocycles. The van der Waals surface area contributed by atoms with Gasteiger partial charge in [0.25, 0.3) is 0 Å². The molecule has 13 heavy (non-hydrogen) atoms. The smallest absolute Gasteiger partial charge is 0.313 e. The zero-order valence-electron chi connectivity index (χ0n) is 7.44. The summed E-state index contributed by atoms with van der Waals surface area (Å²) in [6.07, 6.45) is 0. The average Bonchev–Trinajstić information content (AvgIpc) is 1.92. The van der Waals surface area contributed by atoms with Crippen molar-refractivity contribution in [1.29, 1.82) is 0 Å². The molecule has 0 aliphatic carbocycles. The third kappa shape index (κ3) is 11.7. The fourth-order valence-corrected chi connectivity index (χ4v) is 0.637. The molecule has 2 N–H and O–H groups in total. The van der Waals surface area contributed by atoms with Gasteiger partial charge in [0.1, 0.15) is 0 Å². The Morgan fingerprint density at radius 1 is 1.08 bits per heavy atom. The lowest BCUT2D eigenvalue weighted by Gasteiger charge is -1.90. The van der Waals surface area contributed by atoms with Gasteiger partial charge in [0.05, 0.1) is 0 Å². The molecule has 0 radical (unpaired) electrons. The average molecular weight is 223 g/mol. The Kier molecular flexibility index (Phi) is 5.26. The molecule has 0 atom stereocenters. The van der Waals surface area contributed by atoms with E-state index in [-0.39, 0.29) is 0 Å². The second-order valence-corrected chi connectivity index (χ2v) is 4.89. The van der Waals surface area contributed by atoms with Crippen LogP contribution in [0.4, 0.5) is 0 Å². The Morgan fingerprint density at radius 3 is 1.38 bits per heavy atom. The lowest BCUT2D eigenvalue weighted by Crippen LogP contribution is -1.70. The highest BCUT2D eigenvalue weighted by atomic mass is 35.7. The molecular formula is C8H12ClO3P. The first-order valence-electron chi connectivity index (χ1n) is 3.57. The van der Waals surface area contributed by atoms with Gasteiger partial charge >= 0.3 is 6.95 Å². The Hall–Kier alpha value is -0.340. The normalized spacial score (nSPS) is 10.2. The third-order valence-corrected chi connectivity index (χ3v) is 1.22. The standard InChI is InChI=1S/C8H10.ClH2O3P/c1-7-3-5-8(2)6-4-7;1-5(2,3)4/h3-6H,1-2H3;(H2,2,3,4). The summed E-state index contributed by atoms with van der Waals surface area (Å²) in [4.78, 5) is 14.8. The van der Waals surface area contributed by atoms with Crippen LogP contribution in [0.15, 0.2) is 24.3 Å². The summed E-state index contributed by atoms with van der Waals surface area (Å²) in [6, 6.07) is 8.48. The molecule has 0 saturated heterocycles. The molecule has 0 unspecified atom stereocenters. The topological polar surface area (TPSA) is 57.5 Å². The Balaban J connectivity index is 0.000000252. The van der Waals surface area contributed by atoms with Gasteiger partial charge in [-0.25, -0.2) is 4.57 Å². The van der Waals surface area contributed by atoms with E-state index in [1.807, 2.05) is 0 Å². The molecule has 3 nitrogen and oxygen atoms in total. The van der Waals surface area contributed by atoms with Crippen LogP contribution >= 0.6 is 18.2 Å². The minimum Gasteiger partial charge on any atom is -0.313 e. The predicted molar refractivity (Wildman–Crippen MR) is 53.8 cm³/mol. The van der Waals surface area contributed by atoms with Crippen LogP contribution in [-0.4, -0.2) is 9.79 Å². The molecule has 1 aromatic rings. The van der Waals surface area contributed by atoms with Crippen LogP contribution in [0.5, 0.6) is 0 Å². The van der Waals surface area contributed by atoms with Gasteiger partial charge < -0.3 is 9.79 Å². The first kappa shape index (κ1) is 12.7. The van der Waals surface area contributed by atoms with Crippen LogP contribution in [0.3, 0.4) is 0 Å². The summed E-state index contributed by atoms with van der Waals surface area (Å²) in [7, 11) is 0. The number of aryl methyl sites for hydroxylation is 2. The van der Waals surface area contributed by atoms with Crippen LogP contribution in [0.2, 0.25) is 0 Å². The summed E-state index contributed by atoms with van der Waals surface area (Å²) < 4.78 is 9.09. The summed E-state index contributed by atoms with van der Waals surface area (Å²) in [5, 5.41) is 0. The van der Waals surface area contributed by atoms with Crippen molar-refractivity contribution in [2.75, 3.05) is 0 Å². The van der Waals surface area contributed by atoms with Gasteiger partial charge in [-0.2, -0.15) is 0 Å². The molecule has 0 amide bonds. The van der Waals surface area contributed by atoms with E-state index in [0.29, 0.717) is 0 Å². The van der Waals surface area contributed by atoms with Crippen LogP contribution < -0.4 is 0 Å². The number of halogens is 1. The second kappa shape index (κ2) is 5.40. The molecule has 0 bridgehead atoms. The van der Waals surface area contributed by atoms with Gasteiger partial charge in [-0.1, -0.05) is 35.4 Å². The molecular weight excluding hydrogens is 211 g/mol. The van der Waals surface area contributed by atoms with E-state index in [0.717, 1.165) is 0 Å². The zero-order valence-corrected chi connectivity index (χ0v) is 9.09. The van der Waals surface area contributed by atoms with Gasteiger partial charge in [0.15, 0.2) is 0 Å². The molecule has 0 saturated carbocycles. The molecule has 0 aliphatic rings. The quantitative estimate of drug-likeness (QED) is 0.664. The molecule has 0 spiro atoms. The van der Waals surface area contributed by atoms with Gasteiger partial charge in [-0.05, 0) is 13.8 Å². The number of rotatable bonds is 0. The van der Waals surface area contributed by atoms with Crippen molar-refractivity contribution < 1.29 is 14.4 Å². The summed E-state index contributed by atoms with van der Waals surface area (Å²) in [6.45, 7) is 0.0267. The maximum absolute atomic E-state index is 9.09. The molecule has 5 heteroatoms. The van der Waals surface area contributed by atoms with Crippen LogP contribution in [0, 0.1) is 13.8 Å². The summed E-state index contributed by atoms with van der Waals surface area (Å²) in [5.74, 6) is 0. The largest absolute Gasteiger partial charge is 0.419 e. The molecule has 1 rings (SSSR count). The number of benzene rings is 1. The van der Waals surface area contributed by atoms with E-state index in [2.05, 4.69) is 49.4 Å². The van der Waals surface area contributed by atoms with Gasteiger partial charge in [0.2, 0.25) is 0 Å². The molecule has 0 fully saturated rings. The highest BCUT2D eigenvalue weighted by molar-refractivity contribution is 7.79. The first-order chi connectivity index (χ1) is 5.79. The van der Waals surface area contributed by atoms with Crippen molar-refractivity contribution in [3.63, 3.8) is 0 Å². The van der Waals surface area contributed by atoms with E-state index < -0.39 is 6.95 Å². The lowest BCUT2D eigenvalue weighted by molar-refractivity contribution is 0.395. The van der Waals surface area contributed by atoms with Crippen LogP contribution in [0.25, 0.3) is 0 Å². The molecule has 1 aromatic carbocycles. The van der Waals surface area contributed by atoms with Crippen LogP contribution in [-0.2, 0) is 4.57 Å². The minimum absolute atomic E-state index is 1.33. The van der Waals surface area contributed by atoms with Gasteiger partial charge in [-0.3, -0.25) is 0 Å². The van der Waals surface area contributed by atoms with Gasteiger partial charge in [-0.15, -0.1) is 0 Å². The predicted octanol–water partition coefficient (Wildman–Crippen LogP) is 2.62. The fraction of sp³-hybridized carbons (Fsp3) is 0.250. The first-order valence-corrected chi connectivity index (χ1v) is 6.09. The second-order valence-electron chi connectivity index (χ2n) is 2.63. The minimum atomic E-state index is -4.17. The van der Waals surface area contributed by atoms with E-state index in [4.69, 9.17) is 14.4 Å². The summed E-state index contributed by atoms with van der Waals surface area (Å²) >= 11 is 4.20. The van der Waals surface area contributed by atoms with Crippen molar-refractivity contribution >= 4 is 18.2 Å². The third-order valence-electron chi connectivity index (χ3n) is 1.22. The van der Waals surface area contributed by atoms with Crippen molar-refractivity contribution in [2.45, 2.75) is 13.8 Å². The maximum atomic E-state index is 9.09. The maximum Gasteiger partial charge on any atom is 0.419 e. The SMILES string of the molecule is Cc1ccc(C)cc1.O=P(O)(O)Cl. The highest BCUT2D eigenvalue weighted by Crippen LogP contribution is 2.39. The molecule has 74 valence electrons. The molecule has 0 aromatic heterocycles. The monoisotopic (exact) mass is 222 g/mol. The van der Waals surface area contributed by atoms with E-state index >= 15 is 0 Å². The zero-order chi connectivity index (χ0) is 10.5. The fourth-order valence-electron chi connectivity index (χ4n) is 0.637. The lowest BCUT2D eigenvalue weighted by atomic mass is 10.2. The van der Waals surface area contributed by atoms with Crippen molar-refractivity contribution in [3.05, 3.63) is 35.4 Å². The van der Waals surface area contributed by atoms with E-state index in [1.165, 1.54) is 11.1 Å². The van der Waals surface area contributed by atoms with E-state index in [9.17, 15) is 0 Å². The Morgan fingerprint density at radius 2 is 1.23 bits per heavy atom. The Bertz CT molecular complexity index is 261.